The quantitative estimate of drug-likeness (QED) is 0.774. The van der Waals surface area contributed by atoms with Crippen LogP contribution in [0.1, 0.15) is 18.9 Å². The van der Waals surface area contributed by atoms with Crippen LogP contribution in [0.2, 0.25) is 0 Å². The van der Waals surface area contributed by atoms with Crippen molar-refractivity contribution in [3.63, 3.8) is 0 Å². The lowest BCUT2D eigenvalue weighted by atomic mass is 9.98. The summed E-state index contributed by atoms with van der Waals surface area (Å²) in [5.74, 6) is 5.66. The average molecular weight is 308 g/mol. The number of benzene rings is 1. The molecule has 114 valence electrons. The molecule has 5 nitrogen and oxygen atoms in total. The first-order chi connectivity index (χ1) is 9.95. The second kappa shape index (κ2) is 6.58. The molecule has 21 heavy (non-hydrogen) atoms. The highest BCUT2D eigenvalue weighted by Crippen LogP contribution is 2.24. The van der Waals surface area contributed by atoms with E-state index in [0.717, 1.165) is 0 Å². The number of nitrogens with two attached hydrogens (primary N) is 1. The molecule has 2 unspecified atom stereocenters. The molecule has 1 fully saturated rings. The Kier molecular flexibility index (Phi) is 5.01. The molecular formula is C15H20N2O3S. The fraction of sp³-hybridized carbons (Fsp3) is 0.467. The minimum Gasteiger partial charge on any atom is -0.391 e. The van der Waals surface area contributed by atoms with Crippen LogP contribution < -0.4 is 5.73 Å². The van der Waals surface area contributed by atoms with Crippen LogP contribution >= 0.6 is 0 Å². The maximum absolute atomic E-state index is 12.6. The van der Waals surface area contributed by atoms with Gasteiger partial charge in [0.1, 0.15) is 0 Å². The van der Waals surface area contributed by atoms with Gasteiger partial charge in [-0.25, -0.2) is 8.42 Å². The van der Waals surface area contributed by atoms with Gasteiger partial charge in [0.2, 0.25) is 10.0 Å². The summed E-state index contributed by atoms with van der Waals surface area (Å²) in [4.78, 5) is 0.202. The molecule has 2 rings (SSSR count). The highest BCUT2D eigenvalue weighted by Gasteiger charge is 2.32. The Balaban J connectivity index is 2.27. The molecule has 1 heterocycles. The Morgan fingerprint density at radius 2 is 2.24 bits per heavy atom. The highest BCUT2D eigenvalue weighted by atomic mass is 32.2. The van der Waals surface area contributed by atoms with E-state index in [1.807, 2.05) is 6.92 Å². The normalized spacial score (nSPS) is 23.4. The number of hydrogen-bond acceptors (Lipinski definition) is 4. The first-order valence-corrected chi connectivity index (χ1v) is 8.36. The zero-order valence-electron chi connectivity index (χ0n) is 12.0. The van der Waals surface area contributed by atoms with Crippen LogP contribution in [0.5, 0.6) is 0 Å². The van der Waals surface area contributed by atoms with Crippen LogP contribution in [0.4, 0.5) is 0 Å². The zero-order chi connectivity index (χ0) is 15.5. The Labute approximate surface area is 125 Å². The second-order valence-electron chi connectivity index (χ2n) is 5.23. The van der Waals surface area contributed by atoms with Crippen molar-refractivity contribution in [2.45, 2.75) is 24.3 Å². The van der Waals surface area contributed by atoms with E-state index >= 15 is 0 Å². The van der Waals surface area contributed by atoms with Gasteiger partial charge in [0, 0.05) is 18.7 Å². The molecule has 1 aliphatic rings. The zero-order valence-corrected chi connectivity index (χ0v) is 12.8. The molecule has 1 aliphatic heterocycles. The molecule has 0 bridgehead atoms. The van der Waals surface area contributed by atoms with Crippen LogP contribution in [-0.4, -0.2) is 43.6 Å². The van der Waals surface area contributed by atoms with E-state index < -0.39 is 16.1 Å². The Morgan fingerprint density at radius 3 is 2.90 bits per heavy atom. The maximum Gasteiger partial charge on any atom is 0.243 e. The van der Waals surface area contributed by atoms with Crippen molar-refractivity contribution in [2.75, 3.05) is 19.6 Å². The molecule has 0 spiro atoms. The predicted octanol–water partition coefficient (Wildman–Crippen LogP) is 0.388. The van der Waals surface area contributed by atoms with Gasteiger partial charge in [0.15, 0.2) is 0 Å². The third kappa shape index (κ3) is 3.63. The van der Waals surface area contributed by atoms with Gasteiger partial charge in [-0.3, -0.25) is 0 Å². The molecule has 2 atom stereocenters. The van der Waals surface area contributed by atoms with E-state index in [9.17, 15) is 13.5 Å². The molecule has 0 amide bonds. The van der Waals surface area contributed by atoms with Gasteiger partial charge in [-0.1, -0.05) is 24.8 Å². The summed E-state index contributed by atoms with van der Waals surface area (Å²) in [7, 11) is -3.59. The third-order valence-corrected chi connectivity index (χ3v) is 5.55. The number of rotatable bonds is 2. The molecule has 0 radical (unpaired) electrons. The summed E-state index contributed by atoms with van der Waals surface area (Å²) < 4.78 is 26.6. The van der Waals surface area contributed by atoms with Gasteiger partial charge in [-0.15, -0.1) is 0 Å². The smallest absolute Gasteiger partial charge is 0.243 e. The van der Waals surface area contributed by atoms with Crippen LogP contribution in [0.15, 0.2) is 29.2 Å². The van der Waals surface area contributed by atoms with Crippen molar-refractivity contribution in [1.82, 2.24) is 4.31 Å². The fourth-order valence-corrected chi connectivity index (χ4v) is 3.79. The standard InChI is InChI=1S/C15H20N2O3S/c1-12-7-9-17(11-15(12)18)21(19,20)14-6-2-4-13(10-14)5-3-8-16/h2,4,6,10,12,15,18H,7-9,11,16H2,1H3. The molecule has 3 N–H and O–H groups in total. The third-order valence-electron chi connectivity index (χ3n) is 3.69. The van der Waals surface area contributed by atoms with Crippen LogP contribution in [-0.2, 0) is 10.0 Å². The summed E-state index contributed by atoms with van der Waals surface area (Å²) in [5, 5.41) is 9.89. The number of aliphatic hydroxyl groups is 1. The van der Waals surface area contributed by atoms with E-state index in [2.05, 4.69) is 11.8 Å². The van der Waals surface area contributed by atoms with E-state index in [1.165, 1.54) is 4.31 Å². The molecule has 0 aliphatic carbocycles. The summed E-state index contributed by atoms with van der Waals surface area (Å²) in [6.07, 6.45) is 0.0429. The predicted molar refractivity (Wildman–Crippen MR) is 80.9 cm³/mol. The van der Waals surface area contributed by atoms with Gasteiger partial charge in [-0.2, -0.15) is 4.31 Å². The molecular weight excluding hydrogens is 288 g/mol. The molecule has 0 aromatic heterocycles. The summed E-state index contributed by atoms with van der Waals surface area (Å²) >= 11 is 0. The average Bonchev–Trinajstić information content (AvgIpc) is 2.48. The van der Waals surface area contributed by atoms with E-state index in [1.54, 1.807) is 24.3 Å². The fourth-order valence-electron chi connectivity index (χ4n) is 2.27. The Morgan fingerprint density at radius 1 is 1.48 bits per heavy atom. The number of sulfonamides is 1. The van der Waals surface area contributed by atoms with Crippen LogP contribution in [0.25, 0.3) is 0 Å². The van der Waals surface area contributed by atoms with Gasteiger partial charge >= 0.3 is 0 Å². The Hall–Kier alpha value is -1.39. The van der Waals surface area contributed by atoms with E-state index in [-0.39, 0.29) is 23.9 Å². The maximum atomic E-state index is 12.6. The Bertz CT molecular complexity index is 661. The number of piperidine rings is 1. The van der Waals surface area contributed by atoms with Crippen molar-refractivity contribution in [1.29, 1.82) is 0 Å². The SMILES string of the molecule is CC1CCN(S(=O)(=O)c2cccc(C#CCN)c2)CC1O. The minimum absolute atomic E-state index is 0.123. The van der Waals surface area contributed by atoms with Crippen molar-refractivity contribution < 1.29 is 13.5 Å². The lowest BCUT2D eigenvalue weighted by Gasteiger charge is -2.33. The number of hydrogen-bond donors (Lipinski definition) is 2. The molecule has 1 saturated heterocycles. The lowest BCUT2D eigenvalue weighted by molar-refractivity contribution is 0.0605. The van der Waals surface area contributed by atoms with Gasteiger partial charge in [0.05, 0.1) is 17.5 Å². The molecule has 6 heteroatoms. The second-order valence-corrected chi connectivity index (χ2v) is 7.17. The summed E-state index contributed by atoms with van der Waals surface area (Å²) in [6.45, 7) is 2.73. The number of β-amino-alcohol motifs (C(OH)–C–C–N with tert-alkyl or cyclic N) is 1. The number of nitrogens with zero attached hydrogens (tertiary/aromatic N) is 1. The topological polar surface area (TPSA) is 83.6 Å². The first kappa shape index (κ1) is 16.0. The van der Waals surface area contributed by atoms with E-state index in [4.69, 9.17) is 5.73 Å². The molecule has 1 aromatic rings. The van der Waals surface area contributed by atoms with Crippen molar-refractivity contribution in [2.24, 2.45) is 11.7 Å². The minimum atomic E-state index is -3.59. The molecule has 1 aromatic carbocycles. The summed E-state index contributed by atoms with van der Waals surface area (Å²) in [6, 6.07) is 6.50. The van der Waals surface area contributed by atoms with Crippen molar-refractivity contribution in [3.05, 3.63) is 29.8 Å². The highest BCUT2D eigenvalue weighted by molar-refractivity contribution is 7.89. The lowest BCUT2D eigenvalue weighted by Crippen LogP contribution is -2.45. The van der Waals surface area contributed by atoms with Crippen LogP contribution in [0.3, 0.4) is 0 Å². The van der Waals surface area contributed by atoms with Crippen LogP contribution in [0, 0.1) is 17.8 Å². The largest absolute Gasteiger partial charge is 0.391 e. The first-order valence-electron chi connectivity index (χ1n) is 6.92. The summed E-state index contributed by atoms with van der Waals surface area (Å²) in [5.41, 5.74) is 5.94. The monoisotopic (exact) mass is 308 g/mol. The van der Waals surface area contributed by atoms with Gasteiger partial charge < -0.3 is 10.8 Å². The van der Waals surface area contributed by atoms with Crippen molar-refractivity contribution in [3.8, 4) is 11.8 Å². The van der Waals surface area contributed by atoms with Gasteiger partial charge in [0.25, 0.3) is 0 Å². The van der Waals surface area contributed by atoms with Crippen molar-refractivity contribution >= 4 is 10.0 Å². The number of aliphatic hydroxyl groups excluding tert-OH is 1. The molecule has 0 saturated carbocycles. The van der Waals surface area contributed by atoms with Gasteiger partial charge in [-0.05, 0) is 30.5 Å². The van der Waals surface area contributed by atoms with E-state index in [0.29, 0.717) is 18.5 Å².